The third-order valence-corrected chi connectivity index (χ3v) is 3.05. The molecule has 0 bridgehead atoms. The molecule has 4 nitrogen and oxygen atoms in total. The number of epoxide rings is 2. The first-order valence-corrected chi connectivity index (χ1v) is 4.95. The van der Waals surface area contributed by atoms with E-state index in [-0.39, 0.29) is 29.8 Å². The van der Waals surface area contributed by atoms with Crippen molar-refractivity contribution in [1.82, 2.24) is 0 Å². The van der Waals surface area contributed by atoms with Crippen LogP contribution in [0, 0.1) is 0 Å². The molecule has 0 amide bonds. The van der Waals surface area contributed by atoms with Crippen LogP contribution in [0.1, 0.15) is 5.76 Å². The van der Waals surface area contributed by atoms with E-state index in [1.807, 2.05) is 6.08 Å². The summed E-state index contributed by atoms with van der Waals surface area (Å²) in [5.74, 6) is 0.601. The van der Waals surface area contributed by atoms with Gasteiger partial charge in [-0.25, -0.2) is 0 Å². The fraction of sp³-hybridized carbons (Fsp3) is 0.364. The van der Waals surface area contributed by atoms with E-state index in [0.717, 1.165) is 5.57 Å². The highest BCUT2D eigenvalue weighted by Crippen LogP contribution is 2.50. The van der Waals surface area contributed by atoms with Crippen LogP contribution in [0.5, 0.6) is 0 Å². The molecule has 1 aromatic heterocycles. The van der Waals surface area contributed by atoms with Crippen molar-refractivity contribution in [3.63, 3.8) is 0 Å². The first kappa shape index (κ1) is 7.84. The second-order valence-corrected chi connectivity index (χ2v) is 4.04. The summed E-state index contributed by atoms with van der Waals surface area (Å²) in [4.78, 5) is 11.2. The molecule has 2 aliphatic heterocycles. The number of rotatable bonds is 1. The minimum Gasteiger partial charge on any atom is -0.464 e. The van der Waals surface area contributed by atoms with Crippen molar-refractivity contribution in [3.05, 3.63) is 40.5 Å². The molecule has 76 valence electrons. The van der Waals surface area contributed by atoms with Crippen molar-refractivity contribution < 1.29 is 13.9 Å². The van der Waals surface area contributed by atoms with Crippen LogP contribution in [0.15, 0.2) is 33.7 Å². The van der Waals surface area contributed by atoms with Crippen LogP contribution in [-0.4, -0.2) is 24.4 Å². The smallest absolute Gasteiger partial charge is 0.185 e. The largest absolute Gasteiger partial charge is 0.464 e. The summed E-state index contributed by atoms with van der Waals surface area (Å²) in [5.41, 5.74) is 0.907. The molecule has 0 spiro atoms. The lowest BCUT2D eigenvalue weighted by molar-refractivity contribution is 0.314. The molecular weight excluding hydrogens is 196 g/mol. The molecule has 3 heterocycles. The molecule has 3 aliphatic rings. The van der Waals surface area contributed by atoms with E-state index in [2.05, 4.69) is 0 Å². The lowest BCUT2D eigenvalue weighted by Gasteiger charge is -2.04. The van der Waals surface area contributed by atoms with Gasteiger partial charge in [-0.15, -0.1) is 0 Å². The maximum Gasteiger partial charge on any atom is 0.185 e. The van der Waals surface area contributed by atoms with Gasteiger partial charge in [0, 0.05) is 17.7 Å². The highest BCUT2D eigenvalue weighted by atomic mass is 16.7. The van der Waals surface area contributed by atoms with E-state index in [1.165, 1.54) is 18.4 Å². The summed E-state index contributed by atoms with van der Waals surface area (Å²) in [6.07, 6.45) is 4.07. The lowest BCUT2D eigenvalue weighted by atomic mass is 9.98. The topological polar surface area (TPSA) is 55.3 Å². The van der Waals surface area contributed by atoms with E-state index in [4.69, 9.17) is 13.9 Å². The van der Waals surface area contributed by atoms with E-state index in [9.17, 15) is 4.79 Å². The number of ether oxygens (including phenoxy) is 2. The molecule has 0 saturated carbocycles. The van der Waals surface area contributed by atoms with Gasteiger partial charge < -0.3 is 13.9 Å². The Labute approximate surface area is 85.1 Å². The van der Waals surface area contributed by atoms with E-state index >= 15 is 0 Å². The van der Waals surface area contributed by atoms with Gasteiger partial charge in [-0.3, -0.25) is 4.79 Å². The van der Waals surface area contributed by atoms with Gasteiger partial charge in [0.05, 0.1) is 6.26 Å². The summed E-state index contributed by atoms with van der Waals surface area (Å²) in [6.45, 7) is 0. The first-order chi connectivity index (χ1) is 7.33. The predicted octanol–water partition coefficient (Wildman–Crippen LogP) is 0.572. The van der Waals surface area contributed by atoms with Crippen molar-refractivity contribution in [2.24, 2.45) is 0 Å². The van der Waals surface area contributed by atoms with Gasteiger partial charge in [0.25, 0.3) is 0 Å². The van der Waals surface area contributed by atoms with Crippen molar-refractivity contribution in [2.75, 3.05) is 0 Å². The molecule has 4 rings (SSSR count). The van der Waals surface area contributed by atoms with Gasteiger partial charge in [0.15, 0.2) is 5.43 Å². The van der Waals surface area contributed by atoms with Crippen molar-refractivity contribution in [1.29, 1.82) is 0 Å². The van der Waals surface area contributed by atoms with Gasteiger partial charge in [0.2, 0.25) is 0 Å². The number of hydrogen-bond acceptors (Lipinski definition) is 4. The molecule has 4 unspecified atom stereocenters. The molecule has 4 heteroatoms. The number of hydrogen-bond donors (Lipinski definition) is 0. The van der Waals surface area contributed by atoms with Gasteiger partial charge in [-0.1, -0.05) is 0 Å². The van der Waals surface area contributed by atoms with Crippen molar-refractivity contribution >= 4 is 5.57 Å². The maximum atomic E-state index is 11.2. The van der Waals surface area contributed by atoms with Gasteiger partial charge >= 0.3 is 0 Å². The SMILES string of the molecule is O=c1ccoc(C2=CC3OC3C3OC23)c1. The first-order valence-electron chi connectivity index (χ1n) is 4.95. The molecule has 2 saturated heterocycles. The molecule has 0 radical (unpaired) electrons. The standard InChI is InChI=1S/C11H8O4/c12-5-1-2-13-7(3-5)6-4-8-10(14-8)11-9(6)15-11/h1-4,8-11H. The lowest BCUT2D eigenvalue weighted by Crippen LogP contribution is -2.12. The summed E-state index contributed by atoms with van der Waals surface area (Å²) in [5, 5.41) is 0. The van der Waals surface area contributed by atoms with E-state index < -0.39 is 0 Å². The van der Waals surface area contributed by atoms with Crippen LogP contribution < -0.4 is 5.43 Å². The Morgan fingerprint density at radius 2 is 2.13 bits per heavy atom. The Morgan fingerprint density at radius 3 is 3.00 bits per heavy atom. The fourth-order valence-electron chi connectivity index (χ4n) is 2.19. The third kappa shape index (κ3) is 1.06. The highest BCUT2D eigenvalue weighted by molar-refractivity contribution is 5.71. The predicted molar refractivity (Wildman–Crippen MR) is 50.3 cm³/mol. The maximum absolute atomic E-state index is 11.2. The Bertz CT molecular complexity index is 515. The zero-order valence-electron chi connectivity index (χ0n) is 7.75. The average Bonchev–Trinajstić information content (AvgIpc) is 3.08. The summed E-state index contributed by atoms with van der Waals surface area (Å²) in [6, 6.07) is 2.89. The normalized spacial score (nSPS) is 40.1. The molecule has 0 N–H and O–H groups in total. The molecule has 0 aromatic carbocycles. The monoisotopic (exact) mass is 204 g/mol. The van der Waals surface area contributed by atoms with Crippen molar-refractivity contribution in [3.8, 4) is 0 Å². The second kappa shape index (κ2) is 2.40. The molecule has 4 atom stereocenters. The molecule has 1 aliphatic carbocycles. The molecule has 2 fully saturated rings. The van der Waals surface area contributed by atoms with Crippen LogP contribution in [0.4, 0.5) is 0 Å². The Kier molecular flexibility index (Phi) is 1.26. The van der Waals surface area contributed by atoms with Crippen LogP contribution in [0.25, 0.3) is 5.57 Å². The summed E-state index contributed by atoms with van der Waals surface area (Å²) in [7, 11) is 0. The fourth-order valence-corrected chi connectivity index (χ4v) is 2.19. The number of fused-ring (bicyclic) bond motifs is 3. The van der Waals surface area contributed by atoms with Gasteiger partial charge in [-0.05, 0) is 6.08 Å². The average molecular weight is 204 g/mol. The van der Waals surface area contributed by atoms with Gasteiger partial charge in [0.1, 0.15) is 30.2 Å². The van der Waals surface area contributed by atoms with Crippen LogP contribution in [0.2, 0.25) is 0 Å². The highest BCUT2D eigenvalue weighted by Gasteiger charge is 2.62. The Balaban J connectivity index is 1.81. The van der Waals surface area contributed by atoms with Gasteiger partial charge in [-0.2, -0.15) is 0 Å². The zero-order valence-corrected chi connectivity index (χ0v) is 7.75. The molecule has 1 aromatic rings. The third-order valence-electron chi connectivity index (χ3n) is 3.05. The Hall–Kier alpha value is -1.39. The quantitative estimate of drug-likeness (QED) is 0.627. The molecular formula is C11H8O4. The summed E-state index contributed by atoms with van der Waals surface area (Å²) < 4.78 is 16.2. The minimum absolute atomic E-state index is 0.0480. The Morgan fingerprint density at radius 1 is 1.20 bits per heavy atom. The van der Waals surface area contributed by atoms with Crippen LogP contribution in [0.3, 0.4) is 0 Å². The minimum atomic E-state index is -0.0480. The van der Waals surface area contributed by atoms with E-state index in [1.54, 1.807) is 0 Å². The molecule has 15 heavy (non-hydrogen) atoms. The van der Waals surface area contributed by atoms with Crippen LogP contribution >= 0.6 is 0 Å². The van der Waals surface area contributed by atoms with Crippen LogP contribution in [-0.2, 0) is 9.47 Å². The van der Waals surface area contributed by atoms with E-state index in [0.29, 0.717) is 5.76 Å². The zero-order chi connectivity index (χ0) is 9.99. The second-order valence-electron chi connectivity index (χ2n) is 4.04. The van der Waals surface area contributed by atoms with Crippen molar-refractivity contribution in [2.45, 2.75) is 24.4 Å². The summed E-state index contributed by atoms with van der Waals surface area (Å²) >= 11 is 0.